The summed E-state index contributed by atoms with van der Waals surface area (Å²) in [6.45, 7) is 0. The standard InChI is InChI=1S/C16H6ClF7N2O/c17-12-6-10(18)1-2-11(12)14-25-13(26-27-14)7-3-8(15(19,20)21)5-9(4-7)16(22,23)24/h1-6H. The van der Waals surface area contributed by atoms with Crippen molar-refractivity contribution in [3.05, 3.63) is 58.4 Å². The molecule has 11 heteroatoms. The van der Waals surface area contributed by atoms with Gasteiger partial charge in [-0.2, -0.15) is 31.3 Å². The third-order valence-electron chi connectivity index (χ3n) is 3.43. The molecule has 142 valence electrons. The molecule has 0 saturated carbocycles. The summed E-state index contributed by atoms with van der Waals surface area (Å²) in [5, 5.41) is 3.28. The van der Waals surface area contributed by atoms with Gasteiger partial charge in [0.25, 0.3) is 5.89 Å². The molecule has 3 aromatic rings. The lowest BCUT2D eigenvalue weighted by Gasteiger charge is -2.12. The molecule has 3 nitrogen and oxygen atoms in total. The zero-order chi connectivity index (χ0) is 20.0. The Morgan fingerprint density at radius 2 is 1.44 bits per heavy atom. The van der Waals surface area contributed by atoms with Gasteiger partial charge in [-0.3, -0.25) is 0 Å². The monoisotopic (exact) mass is 410 g/mol. The van der Waals surface area contributed by atoms with E-state index in [1.165, 1.54) is 6.07 Å². The van der Waals surface area contributed by atoms with Crippen LogP contribution in [-0.4, -0.2) is 10.1 Å². The molecule has 0 N–H and O–H groups in total. The molecule has 0 atom stereocenters. The van der Waals surface area contributed by atoms with Crippen LogP contribution in [0.4, 0.5) is 30.7 Å². The first-order valence-corrected chi connectivity index (χ1v) is 7.42. The number of hydrogen-bond acceptors (Lipinski definition) is 3. The largest absolute Gasteiger partial charge is 0.416 e. The molecule has 27 heavy (non-hydrogen) atoms. The maximum Gasteiger partial charge on any atom is 0.416 e. The Hall–Kier alpha value is -2.62. The van der Waals surface area contributed by atoms with Crippen molar-refractivity contribution in [1.29, 1.82) is 0 Å². The molecule has 0 aliphatic rings. The summed E-state index contributed by atoms with van der Waals surface area (Å²) in [4.78, 5) is 3.77. The third-order valence-corrected chi connectivity index (χ3v) is 3.75. The van der Waals surface area contributed by atoms with E-state index in [9.17, 15) is 30.7 Å². The van der Waals surface area contributed by atoms with E-state index in [2.05, 4.69) is 10.1 Å². The predicted molar refractivity (Wildman–Crippen MR) is 80.1 cm³/mol. The van der Waals surface area contributed by atoms with Crippen molar-refractivity contribution in [1.82, 2.24) is 10.1 Å². The van der Waals surface area contributed by atoms with Gasteiger partial charge in [0.05, 0.1) is 21.7 Å². The van der Waals surface area contributed by atoms with E-state index in [0.29, 0.717) is 12.1 Å². The second-order valence-electron chi connectivity index (χ2n) is 5.34. The highest BCUT2D eigenvalue weighted by atomic mass is 35.5. The number of hydrogen-bond donors (Lipinski definition) is 0. The molecule has 0 radical (unpaired) electrons. The lowest BCUT2D eigenvalue weighted by molar-refractivity contribution is -0.143. The minimum Gasteiger partial charge on any atom is -0.334 e. The maximum atomic E-state index is 13.1. The third kappa shape index (κ3) is 4.05. The van der Waals surface area contributed by atoms with Crippen LogP contribution in [0.15, 0.2) is 40.9 Å². The zero-order valence-corrected chi connectivity index (χ0v) is 13.5. The highest BCUT2D eigenvalue weighted by Crippen LogP contribution is 2.38. The van der Waals surface area contributed by atoms with Gasteiger partial charge in [-0.25, -0.2) is 4.39 Å². The van der Waals surface area contributed by atoms with Crippen LogP contribution < -0.4 is 0 Å². The molecule has 3 rings (SSSR count). The van der Waals surface area contributed by atoms with Crippen LogP contribution in [-0.2, 0) is 12.4 Å². The SMILES string of the molecule is Fc1ccc(-c2nc(-c3cc(C(F)(F)F)cc(C(F)(F)F)c3)no2)c(Cl)c1. The second-order valence-corrected chi connectivity index (χ2v) is 5.75. The van der Waals surface area contributed by atoms with E-state index < -0.39 is 40.7 Å². The van der Waals surface area contributed by atoms with Gasteiger partial charge in [0, 0.05) is 5.56 Å². The minimum absolute atomic E-state index is 0.0126. The van der Waals surface area contributed by atoms with Crippen LogP contribution in [0.2, 0.25) is 5.02 Å². The van der Waals surface area contributed by atoms with Gasteiger partial charge in [-0.1, -0.05) is 16.8 Å². The Morgan fingerprint density at radius 1 is 0.852 bits per heavy atom. The summed E-state index contributed by atoms with van der Waals surface area (Å²) >= 11 is 5.82. The van der Waals surface area contributed by atoms with Crippen LogP contribution in [0.5, 0.6) is 0 Å². The average molecular weight is 411 g/mol. The summed E-state index contributed by atoms with van der Waals surface area (Å²) in [6, 6.07) is 4.07. The Labute approximate surface area is 151 Å². The first-order chi connectivity index (χ1) is 12.4. The molecule has 0 amide bonds. The van der Waals surface area contributed by atoms with Crippen molar-refractivity contribution in [3.8, 4) is 22.8 Å². The first kappa shape index (κ1) is 19.2. The van der Waals surface area contributed by atoms with Crippen molar-refractivity contribution < 1.29 is 35.3 Å². The summed E-state index contributed by atoms with van der Waals surface area (Å²) < 4.78 is 95.5. The lowest BCUT2D eigenvalue weighted by Crippen LogP contribution is -2.11. The molecule has 2 aromatic carbocycles. The Kier molecular flexibility index (Phi) is 4.62. The fraction of sp³-hybridized carbons (Fsp3) is 0.125. The smallest absolute Gasteiger partial charge is 0.334 e. The van der Waals surface area contributed by atoms with Gasteiger partial charge in [0.1, 0.15) is 5.82 Å². The number of rotatable bonds is 2. The summed E-state index contributed by atoms with van der Waals surface area (Å²) in [6.07, 6.45) is -10.0. The van der Waals surface area contributed by atoms with E-state index in [1.54, 1.807) is 0 Å². The molecule has 1 aromatic heterocycles. The number of benzene rings is 2. The minimum atomic E-state index is -5.01. The molecule has 0 aliphatic heterocycles. The van der Waals surface area contributed by atoms with Crippen molar-refractivity contribution in [2.24, 2.45) is 0 Å². The molecule has 0 spiro atoms. The van der Waals surface area contributed by atoms with Crippen molar-refractivity contribution in [3.63, 3.8) is 0 Å². The maximum absolute atomic E-state index is 13.1. The molecule has 0 bridgehead atoms. The normalized spacial score (nSPS) is 12.4. The lowest BCUT2D eigenvalue weighted by atomic mass is 10.0. The molecule has 0 unspecified atom stereocenters. The molecular weight excluding hydrogens is 405 g/mol. The van der Waals surface area contributed by atoms with Crippen molar-refractivity contribution in [2.45, 2.75) is 12.4 Å². The van der Waals surface area contributed by atoms with Crippen LogP contribution in [0.1, 0.15) is 11.1 Å². The fourth-order valence-corrected chi connectivity index (χ4v) is 2.45. The number of nitrogens with zero attached hydrogens (tertiary/aromatic N) is 2. The van der Waals surface area contributed by atoms with Crippen LogP contribution in [0, 0.1) is 5.82 Å². The van der Waals surface area contributed by atoms with Gasteiger partial charge >= 0.3 is 12.4 Å². The zero-order valence-electron chi connectivity index (χ0n) is 12.8. The molecule has 1 heterocycles. The highest BCUT2D eigenvalue weighted by Gasteiger charge is 2.37. The first-order valence-electron chi connectivity index (χ1n) is 7.04. The fourth-order valence-electron chi connectivity index (χ4n) is 2.20. The topological polar surface area (TPSA) is 38.9 Å². The summed E-state index contributed by atoms with van der Waals surface area (Å²) in [5.74, 6) is -1.46. The van der Waals surface area contributed by atoms with Crippen LogP contribution >= 0.6 is 11.6 Å². The van der Waals surface area contributed by atoms with E-state index in [4.69, 9.17) is 16.1 Å². The Morgan fingerprint density at radius 3 is 1.96 bits per heavy atom. The Balaban J connectivity index is 2.10. The van der Waals surface area contributed by atoms with Gasteiger partial charge in [0.15, 0.2) is 0 Å². The number of alkyl halides is 6. The average Bonchev–Trinajstić information content (AvgIpc) is 3.02. The Bertz CT molecular complexity index is 963. The van der Waals surface area contributed by atoms with Gasteiger partial charge < -0.3 is 4.52 Å². The van der Waals surface area contributed by atoms with Crippen molar-refractivity contribution >= 4 is 11.6 Å². The number of aromatic nitrogens is 2. The highest BCUT2D eigenvalue weighted by molar-refractivity contribution is 6.33. The quantitative estimate of drug-likeness (QED) is 0.470. The summed E-state index contributed by atoms with van der Waals surface area (Å²) in [7, 11) is 0. The van der Waals surface area contributed by atoms with Gasteiger partial charge in [0.2, 0.25) is 5.82 Å². The van der Waals surface area contributed by atoms with Gasteiger partial charge in [-0.05, 0) is 36.4 Å². The van der Waals surface area contributed by atoms with E-state index in [-0.39, 0.29) is 22.5 Å². The molecule has 0 aliphatic carbocycles. The molecular formula is C16H6ClF7N2O. The van der Waals surface area contributed by atoms with Crippen LogP contribution in [0.25, 0.3) is 22.8 Å². The molecule has 0 fully saturated rings. The van der Waals surface area contributed by atoms with Crippen molar-refractivity contribution in [2.75, 3.05) is 0 Å². The second kappa shape index (κ2) is 6.52. The van der Waals surface area contributed by atoms with E-state index >= 15 is 0 Å². The predicted octanol–water partition coefficient (Wildman–Crippen LogP) is 6.23. The van der Waals surface area contributed by atoms with Crippen LogP contribution in [0.3, 0.4) is 0 Å². The van der Waals surface area contributed by atoms with E-state index in [1.807, 2.05) is 0 Å². The summed E-state index contributed by atoms with van der Waals surface area (Å²) in [5.41, 5.74) is -3.51. The molecule has 0 saturated heterocycles. The number of halogens is 8. The van der Waals surface area contributed by atoms with E-state index in [0.717, 1.165) is 12.1 Å². The van der Waals surface area contributed by atoms with Gasteiger partial charge in [-0.15, -0.1) is 0 Å².